The van der Waals surface area contributed by atoms with Crippen LogP contribution in [0.25, 0.3) is 10.8 Å². The minimum atomic E-state index is -1.66. The fourth-order valence-electron chi connectivity index (χ4n) is 5.50. The smallest absolute Gasteiger partial charge is 0.324 e. The number of methoxy groups -OCH3 is 1. The fraction of sp³-hybridized carbons (Fsp3) is 0.269. The summed E-state index contributed by atoms with van der Waals surface area (Å²) in [6, 6.07) is 16.5. The first-order valence-corrected chi connectivity index (χ1v) is 11.1. The average molecular weight is 460 g/mol. The van der Waals surface area contributed by atoms with Gasteiger partial charge >= 0.3 is 5.97 Å². The van der Waals surface area contributed by atoms with Crippen LogP contribution in [0.2, 0.25) is 0 Å². The van der Waals surface area contributed by atoms with Crippen molar-refractivity contribution < 1.29 is 29.3 Å². The first kappa shape index (κ1) is 21.9. The Morgan fingerprint density at radius 2 is 1.82 bits per heavy atom. The van der Waals surface area contributed by atoms with Crippen LogP contribution in [0.15, 0.2) is 60.7 Å². The van der Waals surface area contributed by atoms with Gasteiger partial charge in [0.2, 0.25) is 11.8 Å². The summed E-state index contributed by atoms with van der Waals surface area (Å²) < 4.78 is 5.15. The van der Waals surface area contributed by atoms with Crippen LogP contribution in [0.1, 0.15) is 24.9 Å². The third-order valence-electron chi connectivity index (χ3n) is 7.17. The quantitative estimate of drug-likeness (QED) is 0.501. The summed E-state index contributed by atoms with van der Waals surface area (Å²) in [5.74, 6) is -4.11. The van der Waals surface area contributed by atoms with E-state index in [1.165, 1.54) is 13.2 Å². The molecule has 0 radical (unpaired) electrons. The van der Waals surface area contributed by atoms with Crippen LogP contribution in [0.5, 0.6) is 11.5 Å². The standard InChI is InChI=1S/C26H24N2O6/c1-3-26(25(32)33)21-20(22(27-26)17-12-11-15(34-2)13-19(17)29)23(30)28(24(21)31)18-10-6-8-14-7-4-5-9-16(14)18/h4-13,20-22,27,29H,3H2,1-2H3,(H,32,33)/t20-,21+,22-,26-/m0/s1. The largest absolute Gasteiger partial charge is 0.507 e. The number of phenols is 1. The number of hydrogen-bond donors (Lipinski definition) is 3. The summed E-state index contributed by atoms with van der Waals surface area (Å²) in [6.45, 7) is 1.67. The van der Waals surface area contributed by atoms with Crippen molar-refractivity contribution in [2.24, 2.45) is 11.8 Å². The average Bonchev–Trinajstić information content (AvgIpc) is 3.32. The number of aromatic hydroxyl groups is 1. The van der Waals surface area contributed by atoms with Crippen molar-refractivity contribution in [3.8, 4) is 11.5 Å². The number of fused-ring (bicyclic) bond motifs is 2. The Kier molecular flexibility index (Phi) is 5.06. The van der Waals surface area contributed by atoms with Crippen molar-refractivity contribution in [2.75, 3.05) is 12.0 Å². The van der Waals surface area contributed by atoms with Gasteiger partial charge in [-0.3, -0.25) is 19.7 Å². The van der Waals surface area contributed by atoms with Crippen LogP contribution < -0.4 is 15.0 Å². The topological polar surface area (TPSA) is 116 Å². The number of imide groups is 1. The molecule has 3 aromatic rings. The zero-order chi connectivity index (χ0) is 24.2. The molecule has 0 bridgehead atoms. The summed E-state index contributed by atoms with van der Waals surface area (Å²) in [4.78, 5) is 41.3. The number of phenolic OH excluding ortho intramolecular Hbond substituents is 1. The lowest BCUT2D eigenvalue weighted by Crippen LogP contribution is -2.55. The van der Waals surface area contributed by atoms with Gasteiger partial charge in [0, 0.05) is 23.1 Å². The van der Waals surface area contributed by atoms with Crippen LogP contribution in [0.4, 0.5) is 5.69 Å². The number of ether oxygens (including phenoxy) is 1. The van der Waals surface area contributed by atoms with Crippen LogP contribution in [0.3, 0.4) is 0 Å². The molecule has 3 aromatic carbocycles. The highest BCUT2D eigenvalue weighted by Gasteiger charge is 2.68. The van der Waals surface area contributed by atoms with Gasteiger partial charge < -0.3 is 14.9 Å². The molecule has 174 valence electrons. The van der Waals surface area contributed by atoms with Crippen LogP contribution in [-0.2, 0) is 14.4 Å². The Bertz CT molecular complexity index is 1330. The summed E-state index contributed by atoms with van der Waals surface area (Å²) in [6.07, 6.45) is 0.0827. The van der Waals surface area contributed by atoms with Crippen molar-refractivity contribution in [3.63, 3.8) is 0 Å². The third kappa shape index (κ3) is 2.92. The van der Waals surface area contributed by atoms with Crippen molar-refractivity contribution in [1.82, 2.24) is 5.32 Å². The van der Waals surface area contributed by atoms with E-state index in [-0.39, 0.29) is 12.2 Å². The molecule has 2 aliphatic rings. The van der Waals surface area contributed by atoms with Gasteiger partial charge in [-0.1, -0.05) is 49.4 Å². The molecule has 2 amide bonds. The number of aliphatic carboxylic acids is 1. The fourth-order valence-corrected chi connectivity index (χ4v) is 5.50. The predicted octanol–water partition coefficient (Wildman–Crippen LogP) is 3.24. The molecule has 0 saturated carbocycles. The van der Waals surface area contributed by atoms with Gasteiger partial charge in [0.15, 0.2) is 0 Å². The molecule has 8 heteroatoms. The number of amides is 2. The maximum absolute atomic E-state index is 13.9. The molecule has 2 fully saturated rings. The van der Waals surface area contributed by atoms with E-state index in [9.17, 15) is 24.6 Å². The number of rotatable bonds is 5. The normalized spacial score (nSPS) is 26.2. The van der Waals surface area contributed by atoms with Crippen LogP contribution in [0, 0.1) is 11.8 Å². The Labute approximate surface area is 195 Å². The van der Waals surface area contributed by atoms with Gasteiger partial charge in [0.25, 0.3) is 0 Å². The van der Waals surface area contributed by atoms with Gasteiger partial charge in [0.05, 0.1) is 24.6 Å². The lowest BCUT2D eigenvalue weighted by molar-refractivity contribution is -0.149. The molecule has 0 unspecified atom stereocenters. The lowest BCUT2D eigenvalue weighted by atomic mass is 9.78. The van der Waals surface area contributed by atoms with E-state index < -0.39 is 41.2 Å². The Hall–Kier alpha value is -3.91. The Morgan fingerprint density at radius 1 is 1.09 bits per heavy atom. The number of carboxylic acids is 1. The number of anilines is 1. The molecular formula is C26H24N2O6. The maximum atomic E-state index is 13.9. The van der Waals surface area contributed by atoms with Crippen molar-refractivity contribution in [1.29, 1.82) is 0 Å². The highest BCUT2D eigenvalue weighted by Crippen LogP contribution is 2.52. The van der Waals surface area contributed by atoms with E-state index in [0.29, 0.717) is 17.0 Å². The summed E-state index contributed by atoms with van der Waals surface area (Å²) >= 11 is 0. The molecule has 2 saturated heterocycles. The number of nitrogens with one attached hydrogen (secondary N) is 1. The lowest BCUT2D eigenvalue weighted by Gasteiger charge is -2.30. The molecule has 2 aliphatic heterocycles. The molecule has 3 N–H and O–H groups in total. The molecule has 4 atom stereocenters. The van der Waals surface area contributed by atoms with Gasteiger partial charge in [-0.2, -0.15) is 0 Å². The number of carbonyl (C=O) groups is 3. The van der Waals surface area contributed by atoms with E-state index in [4.69, 9.17) is 4.74 Å². The minimum Gasteiger partial charge on any atom is -0.507 e. The van der Waals surface area contributed by atoms with E-state index in [0.717, 1.165) is 15.7 Å². The first-order valence-electron chi connectivity index (χ1n) is 11.1. The molecular weight excluding hydrogens is 436 g/mol. The van der Waals surface area contributed by atoms with Gasteiger partial charge in [0.1, 0.15) is 17.0 Å². The number of hydrogen-bond acceptors (Lipinski definition) is 6. The van der Waals surface area contributed by atoms with Crippen molar-refractivity contribution in [3.05, 3.63) is 66.2 Å². The first-order chi connectivity index (χ1) is 16.3. The summed E-state index contributed by atoms with van der Waals surface area (Å²) in [7, 11) is 1.46. The molecule has 5 rings (SSSR count). The second-order valence-electron chi connectivity index (χ2n) is 8.69. The van der Waals surface area contributed by atoms with Crippen LogP contribution in [-0.4, -0.2) is 40.6 Å². The molecule has 0 aliphatic carbocycles. The van der Waals surface area contributed by atoms with Gasteiger partial charge in [-0.15, -0.1) is 0 Å². The zero-order valence-corrected chi connectivity index (χ0v) is 18.7. The number of benzene rings is 3. The van der Waals surface area contributed by atoms with Crippen molar-refractivity contribution >= 4 is 34.2 Å². The third-order valence-corrected chi connectivity index (χ3v) is 7.17. The predicted molar refractivity (Wildman–Crippen MR) is 125 cm³/mol. The minimum absolute atomic E-state index is 0.0827. The monoisotopic (exact) mass is 460 g/mol. The van der Waals surface area contributed by atoms with E-state index in [1.54, 1.807) is 31.2 Å². The van der Waals surface area contributed by atoms with E-state index >= 15 is 0 Å². The van der Waals surface area contributed by atoms with Gasteiger partial charge in [-0.05, 0) is 23.9 Å². The highest BCUT2D eigenvalue weighted by molar-refractivity contribution is 6.26. The maximum Gasteiger partial charge on any atom is 0.324 e. The Morgan fingerprint density at radius 3 is 2.50 bits per heavy atom. The highest BCUT2D eigenvalue weighted by atomic mass is 16.5. The van der Waals surface area contributed by atoms with Crippen LogP contribution >= 0.6 is 0 Å². The zero-order valence-electron chi connectivity index (χ0n) is 18.7. The Balaban J connectivity index is 1.68. The molecule has 8 nitrogen and oxygen atoms in total. The number of nitrogens with zero attached hydrogens (tertiary/aromatic N) is 1. The molecule has 2 heterocycles. The van der Waals surface area contributed by atoms with E-state index in [1.807, 2.05) is 30.3 Å². The van der Waals surface area contributed by atoms with Gasteiger partial charge in [-0.25, -0.2) is 4.90 Å². The molecule has 34 heavy (non-hydrogen) atoms. The second kappa shape index (κ2) is 7.85. The molecule has 0 aromatic heterocycles. The summed E-state index contributed by atoms with van der Waals surface area (Å²) in [5.41, 5.74) is -0.891. The molecule has 0 spiro atoms. The summed E-state index contributed by atoms with van der Waals surface area (Å²) in [5, 5.41) is 25.6. The van der Waals surface area contributed by atoms with E-state index in [2.05, 4.69) is 5.32 Å². The number of carbonyl (C=O) groups excluding carboxylic acids is 2. The number of carboxylic acid groups (broad SMARTS) is 1. The van der Waals surface area contributed by atoms with Crippen molar-refractivity contribution in [2.45, 2.75) is 24.9 Å². The second-order valence-corrected chi connectivity index (χ2v) is 8.69. The SMILES string of the molecule is CC[C@]1(C(=O)O)N[C@@H](c2ccc(OC)cc2O)[C@H]2C(=O)N(c3cccc4ccccc34)C(=O)[C@@H]21.